The molecule has 0 fully saturated rings. The molecule has 0 aliphatic rings. The number of hydrogen-bond donors (Lipinski definition) is 1. The summed E-state index contributed by atoms with van der Waals surface area (Å²) in [6, 6.07) is 6.08. The van der Waals surface area contributed by atoms with E-state index in [0.29, 0.717) is 5.56 Å². The van der Waals surface area contributed by atoms with Gasteiger partial charge in [0.25, 0.3) is 5.91 Å². The molecule has 0 spiro atoms. The highest BCUT2D eigenvalue weighted by Crippen LogP contribution is 2.11. The first-order chi connectivity index (χ1) is 7.77. The maximum absolute atomic E-state index is 13.1. The molecule has 0 aliphatic heterocycles. The molecule has 4 nitrogen and oxygen atoms in total. The molecule has 1 amide bonds. The molecule has 1 N–H and O–H groups in total. The van der Waals surface area contributed by atoms with Crippen molar-refractivity contribution in [1.82, 2.24) is 9.97 Å². The van der Waals surface area contributed by atoms with Gasteiger partial charge in [-0.25, -0.2) is 4.98 Å². The lowest BCUT2D eigenvalue weighted by atomic mass is 10.2. The number of nitrogens with zero attached hydrogens (tertiary/aromatic N) is 2. The number of carbonyl (C=O) groups excluding carboxylic acids is 1. The maximum Gasteiger partial charge on any atom is 0.255 e. The van der Waals surface area contributed by atoms with Crippen LogP contribution in [0.1, 0.15) is 10.4 Å². The third-order valence-electron chi connectivity index (χ3n) is 1.95. The second kappa shape index (κ2) is 4.48. The van der Waals surface area contributed by atoms with Crippen LogP contribution in [0.5, 0.6) is 0 Å². The molecular weight excluding hydrogens is 209 g/mol. The number of nitrogens with one attached hydrogen (secondary N) is 1. The smallest absolute Gasteiger partial charge is 0.255 e. The number of pyridine rings is 2. The number of halogens is 1. The fourth-order valence-corrected chi connectivity index (χ4v) is 1.18. The van der Waals surface area contributed by atoms with Crippen LogP contribution in [0.3, 0.4) is 0 Å². The van der Waals surface area contributed by atoms with Crippen LogP contribution >= 0.6 is 0 Å². The van der Waals surface area contributed by atoms with Crippen molar-refractivity contribution in [2.45, 2.75) is 0 Å². The first-order valence-electron chi connectivity index (χ1n) is 4.59. The van der Waals surface area contributed by atoms with E-state index in [9.17, 15) is 9.18 Å². The van der Waals surface area contributed by atoms with Gasteiger partial charge in [0.1, 0.15) is 0 Å². The summed E-state index contributed by atoms with van der Waals surface area (Å²) in [6.45, 7) is 0. The molecule has 16 heavy (non-hydrogen) atoms. The zero-order valence-electron chi connectivity index (χ0n) is 8.22. The summed E-state index contributed by atoms with van der Waals surface area (Å²) in [6.07, 6.45) is 4.31. The van der Waals surface area contributed by atoms with E-state index in [2.05, 4.69) is 15.3 Å². The SMILES string of the molecule is O=C(Nc1cccnc1F)c1ccncc1. The number of hydrogen-bond acceptors (Lipinski definition) is 3. The molecule has 2 heterocycles. The average molecular weight is 217 g/mol. The Labute approximate surface area is 91.2 Å². The Balaban J connectivity index is 2.18. The van der Waals surface area contributed by atoms with Gasteiger partial charge in [-0.3, -0.25) is 9.78 Å². The molecule has 2 aromatic heterocycles. The molecule has 0 atom stereocenters. The molecule has 5 heteroatoms. The van der Waals surface area contributed by atoms with Crippen molar-refractivity contribution >= 4 is 11.6 Å². The average Bonchev–Trinajstić information content (AvgIpc) is 2.33. The molecule has 80 valence electrons. The third kappa shape index (κ3) is 2.20. The van der Waals surface area contributed by atoms with E-state index in [1.807, 2.05) is 0 Å². The lowest BCUT2D eigenvalue weighted by Gasteiger charge is -2.04. The van der Waals surface area contributed by atoms with E-state index >= 15 is 0 Å². The highest BCUT2D eigenvalue weighted by molar-refractivity contribution is 6.04. The highest BCUT2D eigenvalue weighted by atomic mass is 19.1. The lowest BCUT2D eigenvalue weighted by Crippen LogP contribution is -2.13. The minimum Gasteiger partial charge on any atom is -0.318 e. The zero-order chi connectivity index (χ0) is 11.4. The third-order valence-corrected chi connectivity index (χ3v) is 1.95. The van der Waals surface area contributed by atoms with E-state index in [4.69, 9.17) is 0 Å². The lowest BCUT2D eigenvalue weighted by molar-refractivity contribution is 0.102. The summed E-state index contributed by atoms with van der Waals surface area (Å²) in [4.78, 5) is 18.9. The summed E-state index contributed by atoms with van der Waals surface area (Å²) in [5, 5.41) is 2.42. The topological polar surface area (TPSA) is 54.9 Å². The van der Waals surface area contributed by atoms with Crippen LogP contribution in [-0.4, -0.2) is 15.9 Å². The predicted molar refractivity (Wildman–Crippen MR) is 56.4 cm³/mol. The predicted octanol–water partition coefficient (Wildman–Crippen LogP) is 1.87. The van der Waals surface area contributed by atoms with Crippen LogP contribution in [0.2, 0.25) is 0 Å². The van der Waals surface area contributed by atoms with Crippen molar-refractivity contribution in [3.8, 4) is 0 Å². The number of aromatic nitrogens is 2. The highest BCUT2D eigenvalue weighted by Gasteiger charge is 2.08. The molecule has 0 saturated heterocycles. The largest absolute Gasteiger partial charge is 0.318 e. The normalized spacial score (nSPS) is 9.81. The second-order valence-electron chi connectivity index (χ2n) is 3.03. The molecule has 0 saturated carbocycles. The van der Waals surface area contributed by atoms with Gasteiger partial charge in [-0.2, -0.15) is 4.39 Å². The molecule has 2 aromatic rings. The van der Waals surface area contributed by atoms with E-state index in [1.54, 1.807) is 18.2 Å². The minimum atomic E-state index is -0.704. The van der Waals surface area contributed by atoms with E-state index in [-0.39, 0.29) is 5.69 Å². The summed E-state index contributed by atoms with van der Waals surface area (Å²) in [5.74, 6) is -1.10. The van der Waals surface area contributed by atoms with Crippen molar-refractivity contribution < 1.29 is 9.18 Å². The summed E-state index contributed by atoms with van der Waals surface area (Å²) in [5.41, 5.74) is 0.475. The van der Waals surface area contributed by atoms with Crippen LogP contribution in [0.4, 0.5) is 10.1 Å². The van der Waals surface area contributed by atoms with Gasteiger partial charge in [-0.05, 0) is 24.3 Å². The van der Waals surface area contributed by atoms with Crippen LogP contribution in [0.15, 0.2) is 42.9 Å². The Morgan fingerprint density at radius 1 is 1.19 bits per heavy atom. The maximum atomic E-state index is 13.1. The molecule has 0 aromatic carbocycles. The van der Waals surface area contributed by atoms with Crippen LogP contribution < -0.4 is 5.32 Å². The van der Waals surface area contributed by atoms with Gasteiger partial charge >= 0.3 is 0 Å². The van der Waals surface area contributed by atoms with Crippen molar-refractivity contribution in [3.63, 3.8) is 0 Å². The van der Waals surface area contributed by atoms with Crippen molar-refractivity contribution in [2.75, 3.05) is 5.32 Å². The molecular formula is C11H8FN3O. The number of anilines is 1. The number of carbonyl (C=O) groups is 1. The zero-order valence-corrected chi connectivity index (χ0v) is 8.22. The van der Waals surface area contributed by atoms with Gasteiger partial charge in [-0.1, -0.05) is 0 Å². The Kier molecular flexibility index (Phi) is 2.86. The van der Waals surface area contributed by atoms with Crippen molar-refractivity contribution in [1.29, 1.82) is 0 Å². The van der Waals surface area contributed by atoms with Gasteiger partial charge in [0.05, 0.1) is 5.69 Å². The van der Waals surface area contributed by atoms with Crippen LogP contribution in [-0.2, 0) is 0 Å². The first-order valence-corrected chi connectivity index (χ1v) is 4.59. The van der Waals surface area contributed by atoms with Gasteiger partial charge in [-0.15, -0.1) is 0 Å². The molecule has 0 unspecified atom stereocenters. The van der Waals surface area contributed by atoms with E-state index in [0.717, 1.165) is 0 Å². The number of rotatable bonds is 2. The standard InChI is InChI=1S/C11H8FN3O/c12-10-9(2-1-5-14-10)15-11(16)8-3-6-13-7-4-8/h1-7H,(H,15,16). The van der Waals surface area contributed by atoms with Gasteiger partial charge in [0, 0.05) is 24.2 Å². The van der Waals surface area contributed by atoms with Crippen molar-refractivity contribution in [2.24, 2.45) is 0 Å². The van der Waals surface area contributed by atoms with Gasteiger partial charge in [0.2, 0.25) is 5.95 Å². The van der Waals surface area contributed by atoms with Crippen molar-refractivity contribution in [3.05, 3.63) is 54.4 Å². The Morgan fingerprint density at radius 2 is 1.94 bits per heavy atom. The molecule has 0 bridgehead atoms. The van der Waals surface area contributed by atoms with E-state index < -0.39 is 11.9 Å². The summed E-state index contributed by atoms with van der Waals surface area (Å²) in [7, 11) is 0. The fraction of sp³-hybridized carbons (Fsp3) is 0. The Hall–Kier alpha value is -2.30. The van der Waals surface area contributed by atoms with Gasteiger partial charge in [0.15, 0.2) is 0 Å². The molecule has 2 rings (SSSR count). The Morgan fingerprint density at radius 3 is 2.62 bits per heavy atom. The summed E-state index contributed by atoms with van der Waals surface area (Å²) < 4.78 is 13.1. The molecule has 0 aliphatic carbocycles. The fourth-order valence-electron chi connectivity index (χ4n) is 1.18. The second-order valence-corrected chi connectivity index (χ2v) is 3.03. The minimum absolute atomic E-state index is 0.0595. The monoisotopic (exact) mass is 217 g/mol. The van der Waals surface area contributed by atoms with E-state index in [1.165, 1.54) is 24.7 Å². The van der Waals surface area contributed by atoms with Crippen LogP contribution in [0, 0.1) is 5.95 Å². The Bertz CT molecular complexity index is 502. The van der Waals surface area contributed by atoms with Crippen LogP contribution in [0.25, 0.3) is 0 Å². The number of amides is 1. The first kappa shape index (κ1) is 10.2. The molecule has 0 radical (unpaired) electrons. The quantitative estimate of drug-likeness (QED) is 0.781. The van der Waals surface area contributed by atoms with Gasteiger partial charge < -0.3 is 5.32 Å². The summed E-state index contributed by atoms with van der Waals surface area (Å²) >= 11 is 0.